The number of ether oxygens (including phenoxy) is 2. The van der Waals surface area contributed by atoms with E-state index in [-0.39, 0.29) is 5.92 Å². The summed E-state index contributed by atoms with van der Waals surface area (Å²) in [6, 6.07) is 18.1. The van der Waals surface area contributed by atoms with Crippen molar-refractivity contribution in [2.24, 2.45) is 0 Å². The number of benzene rings is 2. The zero-order chi connectivity index (χ0) is 15.8. The first-order valence-corrected chi connectivity index (χ1v) is 7.47. The lowest BCUT2D eigenvalue weighted by Crippen LogP contribution is -2.04. The third-order valence-electron chi connectivity index (χ3n) is 3.68. The molecule has 0 aliphatic heterocycles. The number of para-hydroxylation sites is 2. The molecule has 1 atom stereocenters. The van der Waals surface area contributed by atoms with Crippen LogP contribution < -0.4 is 9.47 Å². The van der Waals surface area contributed by atoms with Crippen LogP contribution in [0, 0.1) is 18.3 Å². The molecule has 0 spiro atoms. The number of aryl methyl sites for hydroxylation is 1. The van der Waals surface area contributed by atoms with Crippen LogP contribution in [0.5, 0.6) is 11.5 Å². The molecular weight excluding hydrogens is 274 g/mol. The summed E-state index contributed by atoms with van der Waals surface area (Å²) in [5.74, 6) is 1.40. The van der Waals surface area contributed by atoms with Crippen LogP contribution in [0.2, 0.25) is 0 Å². The van der Waals surface area contributed by atoms with Crippen LogP contribution in [-0.2, 0) is 0 Å². The van der Waals surface area contributed by atoms with Crippen molar-refractivity contribution in [2.75, 3.05) is 13.7 Å². The van der Waals surface area contributed by atoms with Crippen molar-refractivity contribution in [3.05, 3.63) is 59.7 Å². The molecule has 0 aromatic heterocycles. The van der Waals surface area contributed by atoms with Gasteiger partial charge in [0, 0.05) is 0 Å². The Labute approximate surface area is 132 Å². The smallest absolute Gasteiger partial charge is 0.161 e. The van der Waals surface area contributed by atoms with Crippen molar-refractivity contribution in [3.8, 4) is 17.6 Å². The molecule has 0 fully saturated rings. The Balaban J connectivity index is 1.88. The second-order valence-corrected chi connectivity index (χ2v) is 5.18. The second-order valence-electron chi connectivity index (χ2n) is 5.18. The number of hydrogen-bond donors (Lipinski definition) is 0. The number of rotatable bonds is 7. The quantitative estimate of drug-likeness (QED) is 0.708. The normalized spacial score (nSPS) is 11.5. The molecule has 0 heterocycles. The van der Waals surface area contributed by atoms with Crippen LogP contribution in [0.1, 0.15) is 29.9 Å². The molecule has 114 valence electrons. The van der Waals surface area contributed by atoms with Gasteiger partial charge < -0.3 is 9.47 Å². The fraction of sp³-hybridized carbons (Fsp3) is 0.316. The van der Waals surface area contributed by atoms with Crippen LogP contribution in [0.3, 0.4) is 0 Å². The van der Waals surface area contributed by atoms with Gasteiger partial charge in [-0.3, -0.25) is 0 Å². The Bertz CT molecular complexity index is 646. The van der Waals surface area contributed by atoms with Gasteiger partial charge in [-0.05, 0) is 43.0 Å². The van der Waals surface area contributed by atoms with E-state index in [0.717, 1.165) is 29.9 Å². The first-order valence-electron chi connectivity index (χ1n) is 7.47. The summed E-state index contributed by atoms with van der Waals surface area (Å²) in [4.78, 5) is 0. The van der Waals surface area contributed by atoms with Gasteiger partial charge in [-0.25, -0.2) is 0 Å². The molecule has 3 nitrogen and oxygen atoms in total. The highest BCUT2D eigenvalue weighted by atomic mass is 16.5. The minimum atomic E-state index is -0.0810. The van der Waals surface area contributed by atoms with Gasteiger partial charge in [0.2, 0.25) is 0 Å². The van der Waals surface area contributed by atoms with Crippen LogP contribution in [0.15, 0.2) is 48.5 Å². The van der Waals surface area contributed by atoms with Crippen LogP contribution in [0.4, 0.5) is 0 Å². The second kappa shape index (κ2) is 8.09. The summed E-state index contributed by atoms with van der Waals surface area (Å²) in [6.07, 6.45) is 1.61. The fourth-order valence-corrected chi connectivity index (χ4v) is 2.47. The summed E-state index contributed by atoms with van der Waals surface area (Å²) < 4.78 is 11.0. The van der Waals surface area contributed by atoms with Gasteiger partial charge in [0.05, 0.1) is 25.7 Å². The molecule has 0 amide bonds. The molecule has 0 aliphatic carbocycles. The van der Waals surface area contributed by atoms with Gasteiger partial charge in [0.15, 0.2) is 11.5 Å². The fourth-order valence-electron chi connectivity index (χ4n) is 2.47. The number of nitriles is 1. The maximum Gasteiger partial charge on any atom is 0.161 e. The topological polar surface area (TPSA) is 42.2 Å². The number of nitrogens with zero attached hydrogens (tertiary/aromatic N) is 1. The monoisotopic (exact) mass is 295 g/mol. The van der Waals surface area contributed by atoms with Crippen LogP contribution in [0.25, 0.3) is 0 Å². The third kappa shape index (κ3) is 4.02. The third-order valence-corrected chi connectivity index (χ3v) is 3.68. The summed E-state index contributed by atoms with van der Waals surface area (Å²) in [7, 11) is 1.63. The zero-order valence-electron chi connectivity index (χ0n) is 13.1. The van der Waals surface area contributed by atoms with E-state index in [1.54, 1.807) is 7.11 Å². The zero-order valence-corrected chi connectivity index (χ0v) is 13.1. The highest BCUT2D eigenvalue weighted by molar-refractivity contribution is 5.39. The Morgan fingerprint density at radius 2 is 1.73 bits per heavy atom. The number of hydrogen-bond acceptors (Lipinski definition) is 3. The molecule has 2 rings (SSSR count). The van der Waals surface area contributed by atoms with Crippen molar-refractivity contribution >= 4 is 0 Å². The lowest BCUT2D eigenvalue weighted by molar-refractivity contribution is 0.285. The van der Waals surface area contributed by atoms with E-state index in [4.69, 9.17) is 9.47 Å². The molecule has 0 N–H and O–H groups in total. The van der Waals surface area contributed by atoms with Gasteiger partial charge >= 0.3 is 0 Å². The van der Waals surface area contributed by atoms with Crippen molar-refractivity contribution in [3.63, 3.8) is 0 Å². The Hall–Kier alpha value is -2.47. The van der Waals surface area contributed by atoms with E-state index in [0.29, 0.717) is 6.61 Å². The van der Waals surface area contributed by atoms with Crippen molar-refractivity contribution < 1.29 is 9.47 Å². The lowest BCUT2D eigenvalue weighted by atomic mass is 9.92. The minimum Gasteiger partial charge on any atom is -0.493 e. The molecule has 3 heteroatoms. The lowest BCUT2D eigenvalue weighted by Gasteiger charge is -2.13. The largest absolute Gasteiger partial charge is 0.493 e. The van der Waals surface area contributed by atoms with Crippen LogP contribution in [-0.4, -0.2) is 13.7 Å². The highest BCUT2D eigenvalue weighted by Crippen LogP contribution is 2.27. The van der Waals surface area contributed by atoms with E-state index in [1.165, 1.54) is 5.56 Å². The molecule has 0 radical (unpaired) electrons. The Morgan fingerprint density at radius 3 is 2.41 bits per heavy atom. The van der Waals surface area contributed by atoms with E-state index in [1.807, 2.05) is 55.5 Å². The molecule has 2 aromatic rings. The molecule has 0 saturated heterocycles. The highest BCUT2D eigenvalue weighted by Gasteiger charge is 2.12. The Morgan fingerprint density at radius 1 is 1.05 bits per heavy atom. The SMILES string of the molecule is COc1ccccc1OCCCC(C#N)c1ccccc1C. The molecule has 1 unspecified atom stereocenters. The average molecular weight is 295 g/mol. The van der Waals surface area contributed by atoms with Gasteiger partial charge in [0.1, 0.15) is 0 Å². The predicted molar refractivity (Wildman–Crippen MR) is 87.3 cm³/mol. The van der Waals surface area contributed by atoms with Crippen molar-refractivity contribution in [1.82, 2.24) is 0 Å². The predicted octanol–water partition coefficient (Wildman–Crippen LogP) is 4.47. The van der Waals surface area contributed by atoms with E-state index < -0.39 is 0 Å². The van der Waals surface area contributed by atoms with E-state index in [2.05, 4.69) is 6.07 Å². The van der Waals surface area contributed by atoms with E-state index >= 15 is 0 Å². The molecule has 2 aromatic carbocycles. The van der Waals surface area contributed by atoms with Gasteiger partial charge in [0.25, 0.3) is 0 Å². The van der Waals surface area contributed by atoms with Crippen molar-refractivity contribution in [2.45, 2.75) is 25.7 Å². The van der Waals surface area contributed by atoms with E-state index in [9.17, 15) is 5.26 Å². The van der Waals surface area contributed by atoms with Gasteiger partial charge in [-0.2, -0.15) is 5.26 Å². The Kier molecular flexibility index (Phi) is 5.85. The molecule has 0 aliphatic rings. The molecular formula is C19H21NO2. The molecule has 0 bridgehead atoms. The average Bonchev–Trinajstić information content (AvgIpc) is 2.56. The molecule has 0 saturated carbocycles. The summed E-state index contributed by atoms with van der Waals surface area (Å²) in [5, 5.41) is 9.39. The maximum absolute atomic E-state index is 9.39. The number of methoxy groups -OCH3 is 1. The summed E-state index contributed by atoms with van der Waals surface area (Å²) >= 11 is 0. The summed E-state index contributed by atoms with van der Waals surface area (Å²) in [5.41, 5.74) is 2.28. The minimum absolute atomic E-state index is 0.0810. The maximum atomic E-state index is 9.39. The standard InChI is InChI=1S/C19H21NO2/c1-15-8-3-4-10-17(15)16(14-20)9-7-13-22-19-12-6-5-11-18(19)21-2/h3-6,8,10-12,16H,7,9,13H2,1-2H3. The first-order chi connectivity index (χ1) is 10.8. The van der Waals surface area contributed by atoms with Gasteiger partial charge in [-0.1, -0.05) is 36.4 Å². The summed E-state index contributed by atoms with van der Waals surface area (Å²) in [6.45, 7) is 2.62. The first kappa shape index (κ1) is 15.9. The van der Waals surface area contributed by atoms with Crippen molar-refractivity contribution in [1.29, 1.82) is 5.26 Å². The van der Waals surface area contributed by atoms with Crippen LogP contribution >= 0.6 is 0 Å². The molecule has 22 heavy (non-hydrogen) atoms. The van der Waals surface area contributed by atoms with Gasteiger partial charge in [-0.15, -0.1) is 0 Å².